The molecule has 0 spiro atoms. The van der Waals surface area contributed by atoms with Crippen molar-refractivity contribution >= 4 is 23.5 Å². The molecule has 0 aliphatic heterocycles. The molecule has 1 aliphatic rings. The topological polar surface area (TPSA) is 71.0 Å². The van der Waals surface area contributed by atoms with E-state index in [0.717, 1.165) is 37.9 Å². The summed E-state index contributed by atoms with van der Waals surface area (Å²) < 4.78 is 16.5. The normalized spacial score (nSPS) is 17.2. The highest BCUT2D eigenvalue weighted by Gasteiger charge is 2.29. The lowest BCUT2D eigenvalue weighted by Crippen LogP contribution is -2.48. The number of amides is 1. The summed E-state index contributed by atoms with van der Waals surface area (Å²) in [5.41, 5.74) is 1.59. The Labute approximate surface area is 214 Å². The number of rotatable bonds is 10. The number of halogens is 2. The number of carbonyl (C=O) groups is 1. The molecule has 0 radical (unpaired) electrons. The summed E-state index contributed by atoms with van der Waals surface area (Å²) in [7, 11) is 0. The van der Waals surface area contributed by atoms with Gasteiger partial charge in [-0.25, -0.2) is 9.37 Å². The van der Waals surface area contributed by atoms with Crippen LogP contribution >= 0.6 is 11.6 Å². The lowest BCUT2D eigenvalue weighted by atomic mass is 9.87. The van der Waals surface area contributed by atoms with Crippen LogP contribution in [-0.4, -0.2) is 40.6 Å². The van der Waals surface area contributed by atoms with E-state index in [1.54, 1.807) is 6.20 Å². The van der Waals surface area contributed by atoms with Crippen LogP contribution in [0.4, 0.5) is 10.3 Å². The number of anilines is 1. The first kappa shape index (κ1) is 27.6. The maximum atomic E-state index is 14.5. The summed E-state index contributed by atoms with van der Waals surface area (Å²) in [5.74, 6) is 0.162. The molecule has 194 valence electrons. The summed E-state index contributed by atoms with van der Waals surface area (Å²) >= 11 is 6.03. The number of hydrogen-bond acceptors (Lipinski definition) is 4. The molecule has 2 atom stereocenters. The van der Waals surface area contributed by atoms with Crippen molar-refractivity contribution in [3.05, 3.63) is 46.5 Å². The Morgan fingerprint density at radius 2 is 2.00 bits per heavy atom. The van der Waals surface area contributed by atoms with Crippen LogP contribution in [-0.2, 0) is 23.2 Å². The fourth-order valence-electron chi connectivity index (χ4n) is 4.70. The maximum Gasteiger partial charge on any atom is 0.243 e. The van der Waals surface area contributed by atoms with Gasteiger partial charge in [-0.15, -0.1) is 0 Å². The fourth-order valence-corrected chi connectivity index (χ4v) is 4.93. The van der Waals surface area contributed by atoms with Gasteiger partial charge >= 0.3 is 0 Å². The van der Waals surface area contributed by atoms with Crippen molar-refractivity contribution < 1.29 is 9.18 Å². The minimum Gasteiger partial charge on any atom is -0.314 e. The highest BCUT2D eigenvalue weighted by molar-refractivity contribution is 6.30. The number of benzene rings is 1. The zero-order valence-electron chi connectivity index (χ0n) is 22.0. The van der Waals surface area contributed by atoms with Crippen LogP contribution in [0.15, 0.2) is 24.5 Å². The average Bonchev–Trinajstić information content (AvgIpc) is 3.22. The van der Waals surface area contributed by atoms with E-state index in [0.29, 0.717) is 29.4 Å². The van der Waals surface area contributed by atoms with E-state index in [1.807, 2.05) is 16.8 Å². The molecule has 0 fully saturated rings. The largest absolute Gasteiger partial charge is 0.314 e. The Balaban J connectivity index is 1.66. The van der Waals surface area contributed by atoms with Gasteiger partial charge in [0.25, 0.3) is 0 Å². The van der Waals surface area contributed by atoms with E-state index in [-0.39, 0.29) is 34.8 Å². The van der Waals surface area contributed by atoms with Gasteiger partial charge in [0, 0.05) is 36.5 Å². The molecule has 2 aromatic rings. The molecule has 1 aromatic heterocycles. The van der Waals surface area contributed by atoms with Crippen molar-refractivity contribution in [3.63, 3.8) is 0 Å². The number of fused-ring (bicyclic) bond motifs is 1. The molecule has 3 rings (SSSR count). The van der Waals surface area contributed by atoms with E-state index < -0.39 is 0 Å². The fraction of sp³-hybridized carbons (Fsp3) is 0.630. The first-order valence-corrected chi connectivity index (χ1v) is 13.1. The van der Waals surface area contributed by atoms with Crippen LogP contribution in [0.25, 0.3) is 0 Å². The average molecular weight is 506 g/mol. The molecule has 35 heavy (non-hydrogen) atoms. The van der Waals surface area contributed by atoms with E-state index in [9.17, 15) is 9.18 Å². The molecular formula is C27H41ClFN5O. The van der Waals surface area contributed by atoms with Crippen LogP contribution in [0, 0.1) is 11.2 Å². The van der Waals surface area contributed by atoms with E-state index in [4.69, 9.17) is 11.6 Å². The molecule has 1 aromatic carbocycles. The lowest BCUT2D eigenvalue weighted by molar-refractivity contribution is -0.118. The Morgan fingerprint density at radius 1 is 1.26 bits per heavy atom. The smallest absolute Gasteiger partial charge is 0.243 e. The summed E-state index contributed by atoms with van der Waals surface area (Å²) in [5, 5.41) is 10.5. The van der Waals surface area contributed by atoms with E-state index in [2.05, 4.69) is 62.5 Å². The second kappa shape index (κ2) is 11.4. The van der Waals surface area contributed by atoms with Crippen molar-refractivity contribution in [2.24, 2.45) is 5.41 Å². The summed E-state index contributed by atoms with van der Waals surface area (Å²) in [6.07, 6.45) is 7.29. The number of aromatic nitrogens is 2. The van der Waals surface area contributed by atoms with Crippen molar-refractivity contribution in [2.45, 2.75) is 91.3 Å². The van der Waals surface area contributed by atoms with Crippen LogP contribution in [0.2, 0.25) is 5.02 Å². The van der Waals surface area contributed by atoms with Gasteiger partial charge in [0.05, 0.1) is 11.6 Å². The summed E-state index contributed by atoms with van der Waals surface area (Å²) in [4.78, 5) is 17.8. The molecule has 0 saturated carbocycles. The highest BCUT2D eigenvalue weighted by Crippen LogP contribution is 2.28. The van der Waals surface area contributed by atoms with Crippen molar-refractivity contribution in [1.82, 2.24) is 20.2 Å². The Hall–Kier alpha value is -1.96. The van der Waals surface area contributed by atoms with Crippen LogP contribution in [0.1, 0.15) is 71.9 Å². The second-order valence-electron chi connectivity index (χ2n) is 11.6. The van der Waals surface area contributed by atoms with Crippen LogP contribution in [0.5, 0.6) is 0 Å². The molecule has 0 unspecified atom stereocenters. The second-order valence-corrected chi connectivity index (χ2v) is 12.0. The minimum absolute atomic E-state index is 0.0262. The van der Waals surface area contributed by atoms with Crippen LogP contribution < -0.4 is 16.0 Å². The molecule has 6 nitrogen and oxygen atoms in total. The molecule has 8 heteroatoms. The van der Waals surface area contributed by atoms with Crippen molar-refractivity contribution in [1.29, 1.82) is 0 Å². The van der Waals surface area contributed by atoms with Gasteiger partial charge < -0.3 is 15.2 Å². The number of aryl methyl sites for hydroxylation is 1. The summed E-state index contributed by atoms with van der Waals surface area (Å²) in [6, 6.07) is 2.87. The van der Waals surface area contributed by atoms with Gasteiger partial charge in [-0.1, -0.05) is 45.7 Å². The minimum atomic E-state index is -0.380. The van der Waals surface area contributed by atoms with Crippen LogP contribution in [0.3, 0.4) is 0 Å². The predicted octanol–water partition coefficient (Wildman–Crippen LogP) is 5.30. The van der Waals surface area contributed by atoms with Gasteiger partial charge in [0.2, 0.25) is 11.9 Å². The molecule has 0 bridgehead atoms. The predicted molar refractivity (Wildman–Crippen MR) is 142 cm³/mol. The highest BCUT2D eigenvalue weighted by atomic mass is 35.5. The third-order valence-corrected chi connectivity index (χ3v) is 6.76. The Bertz CT molecular complexity index is 1010. The number of imidazole rings is 1. The van der Waals surface area contributed by atoms with Gasteiger partial charge in [-0.2, -0.15) is 0 Å². The number of nitrogens with zero attached hydrogens (tertiary/aromatic N) is 2. The summed E-state index contributed by atoms with van der Waals surface area (Å²) in [6.45, 7) is 14.6. The van der Waals surface area contributed by atoms with Crippen molar-refractivity contribution in [2.75, 3.05) is 18.4 Å². The third kappa shape index (κ3) is 7.51. The molecule has 1 heterocycles. The Kier molecular flexibility index (Phi) is 9.00. The molecule has 3 N–H and O–H groups in total. The van der Waals surface area contributed by atoms with Gasteiger partial charge in [-0.05, 0) is 68.2 Å². The monoisotopic (exact) mass is 505 g/mol. The quantitative estimate of drug-likeness (QED) is 0.409. The molecular weight excluding hydrogens is 465 g/mol. The molecule has 1 aliphatic carbocycles. The zero-order chi connectivity index (χ0) is 25.8. The standard InChI is InChI=1S/C27H41ClFN5O/c1-7-8-23(32-20-10-9-18-13-19(28)14-22(29)21(18)15-20)24(35)33-25-31-11-12-34(25)27(5,6)17-30-16-26(2,3)4/h11-14,20,23,30,32H,7-10,15-17H2,1-6H3,(H,31,33,35)/t20-,23-/m0/s1. The first-order chi connectivity index (χ1) is 16.4. The molecule has 1 amide bonds. The van der Waals surface area contributed by atoms with E-state index >= 15 is 0 Å². The number of hydrogen-bond donors (Lipinski definition) is 3. The lowest BCUT2D eigenvalue weighted by Gasteiger charge is -2.32. The van der Waals surface area contributed by atoms with Gasteiger partial charge in [0.15, 0.2) is 0 Å². The number of carbonyl (C=O) groups excluding carboxylic acids is 1. The van der Waals surface area contributed by atoms with E-state index in [1.165, 1.54) is 6.07 Å². The zero-order valence-corrected chi connectivity index (χ0v) is 22.7. The maximum absolute atomic E-state index is 14.5. The SMILES string of the molecule is CCC[C@H](N[C@H]1CCc2cc(Cl)cc(F)c2C1)C(=O)Nc1nccn1C(C)(C)CNCC(C)(C)C. The Morgan fingerprint density at radius 3 is 2.69 bits per heavy atom. The molecule has 0 saturated heterocycles. The van der Waals surface area contributed by atoms with Gasteiger partial charge in [0.1, 0.15) is 5.82 Å². The third-order valence-electron chi connectivity index (χ3n) is 6.54. The van der Waals surface area contributed by atoms with Gasteiger partial charge in [-0.3, -0.25) is 10.1 Å². The first-order valence-electron chi connectivity index (χ1n) is 12.7. The number of nitrogens with one attached hydrogen (secondary N) is 3. The van der Waals surface area contributed by atoms with Crippen molar-refractivity contribution in [3.8, 4) is 0 Å².